The van der Waals surface area contributed by atoms with Gasteiger partial charge < -0.3 is 16.3 Å². The molecule has 2 rings (SSSR count). The molecule has 0 spiro atoms. The maximum atomic E-state index is 12.1. The van der Waals surface area contributed by atoms with Crippen molar-refractivity contribution < 1.29 is 10.0 Å². The Morgan fingerprint density at radius 1 is 1.67 bits per heavy atom. The van der Waals surface area contributed by atoms with Gasteiger partial charge in [0.1, 0.15) is 10.7 Å². The summed E-state index contributed by atoms with van der Waals surface area (Å²) in [6.45, 7) is 1.81. The summed E-state index contributed by atoms with van der Waals surface area (Å²) in [6.07, 6.45) is 2.65. The van der Waals surface area contributed by atoms with Gasteiger partial charge in [-0.15, -0.1) is 11.3 Å². The van der Waals surface area contributed by atoms with Gasteiger partial charge in [0.15, 0.2) is 0 Å². The molecule has 0 aromatic carbocycles. The van der Waals surface area contributed by atoms with E-state index in [1.54, 1.807) is 12.4 Å². The average Bonchev–Trinajstić information content (AvgIpc) is 2.97. The number of amidine groups is 1. The van der Waals surface area contributed by atoms with Crippen molar-refractivity contribution in [1.82, 2.24) is 10.3 Å². The van der Waals surface area contributed by atoms with Gasteiger partial charge in [0.25, 0.3) is 5.91 Å². The summed E-state index contributed by atoms with van der Waals surface area (Å²) in [5.74, 6) is -0.0105. The summed E-state index contributed by atoms with van der Waals surface area (Å²) >= 11 is 1.32. The van der Waals surface area contributed by atoms with E-state index in [0.717, 1.165) is 25.0 Å². The maximum absolute atomic E-state index is 12.1. The molecule has 0 bridgehead atoms. The van der Waals surface area contributed by atoms with Crippen LogP contribution in [0.4, 0.5) is 0 Å². The van der Waals surface area contributed by atoms with Crippen molar-refractivity contribution in [3.05, 3.63) is 16.1 Å². The van der Waals surface area contributed by atoms with Crippen LogP contribution >= 0.6 is 11.3 Å². The van der Waals surface area contributed by atoms with Gasteiger partial charge in [0, 0.05) is 12.0 Å². The summed E-state index contributed by atoms with van der Waals surface area (Å²) in [5, 5.41) is 14.7. The van der Waals surface area contributed by atoms with Crippen molar-refractivity contribution in [2.24, 2.45) is 16.8 Å². The lowest BCUT2D eigenvalue weighted by atomic mass is 10.0. The second kappa shape index (κ2) is 5.34. The Morgan fingerprint density at radius 2 is 2.44 bits per heavy atom. The lowest BCUT2D eigenvalue weighted by Gasteiger charge is -2.19. The quantitative estimate of drug-likeness (QED) is 0.330. The second-order valence-corrected chi connectivity index (χ2v) is 5.26. The van der Waals surface area contributed by atoms with E-state index < -0.39 is 0 Å². The number of oxime groups is 1. The molecule has 1 aliphatic rings. The van der Waals surface area contributed by atoms with E-state index in [1.807, 2.05) is 0 Å². The molecule has 4 N–H and O–H groups in total. The molecule has 2 unspecified atom stereocenters. The van der Waals surface area contributed by atoms with Gasteiger partial charge in [0.05, 0.1) is 11.2 Å². The maximum Gasteiger partial charge on any atom is 0.263 e. The highest BCUT2D eigenvalue weighted by Crippen LogP contribution is 2.26. The van der Waals surface area contributed by atoms with Crippen LogP contribution in [0.3, 0.4) is 0 Å². The van der Waals surface area contributed by atoms with E-state index in [0.29, 0.717) is 4.88 Å². The fraction of sp³-hybridized carbons (Fsp3) is 0.545. The summed E-state index contributed by atoms with van der Waals surface area (Å²) in [7, 11) is 0. The molecular weight excluding hydrogens is 252 g/mol. The van der Waals surface area contributed by atoms with E-state index in [4.69, 9.17) is 10.9 Å². The Hall–Kier alpha value is -1.63. The molecule has 6 nitrogen and oxygen atoms in total. The first kappa shape index (κ1) is 12.8. The zero-order valence-electron chi connectivity index (χ0n) is 10.1. The van der Waals surface area contributed by atoms with Gasteiger partial charge in [-0.05, 0) is 19.8 Å². The highest BCUT2D eigenvalue weighted by atomic mass is 32.1. The van der Waals surface area contributed by atoms with Gasteiger partial charge in [-0.3, -0.25) is 4.79 Å². The molecule has 1 aromatic heterocycles. The fourth-order valence-corrected chi connectivity index (χ4v) is 3.02. The molecular formula is C11H16N4O2S. The van der Waals surface area contributed by atoms with Crippen LogP contribution in [0, 0.1) is 12.8 Å². The van der Waals surface area contributed by atoms with Gasteiger partial charge >= 0.3 is 0 Å². The zero-order chi connectivity index (χ0) is 13.1. The Bertz CT molecular complexity index is 471. The molecule has 1 fully saturated rings. The third kappa shape index (κ3) is 2.45. The lowest BCUT2D eigenvalue weighted by molar-refractivity contribution is 0.0936. The molecule has 0 saturated heterocycles. The highest BCUT2D eigenvalue weighted by molar-refractivity contribution is 7.11. The summed E-state index contributed by atoms with van der Waals surface area (Å²) in [6, 6.07) is -0.0603. The minimum absolute atomic E-state index is 0.0603. The number of aromatic nitrogens is 1. The third-order valence-electron chi connectivity index (χ3n) is 3.28. The molecule has 0 radical (unpaired) electrons. The van der Waals surface area contributed by atoms with Crippen LogP contribution in [0.15, 0.2) is 10.7 Å². The van der Waals surface area contributed by atoms with E-state index in [2.05, 4.69) is 15.5 Å². The van der Waals surface area contributed by atoms with Crippen LogP contribution in [0.5, 0.6) is 0 Å². The van der Waals surface area contributed by atoms with Crippen LogP contribution in [0.25, 0.3) is 0 Å². The van der Waals surface area contributed by atoms with Gasteiger partial charge in [-0.25, -0.2) is 4.98 Å². The van der Waals surface area contributed by atoms with Crippen molar-refractivity contribution in [1.29, 1.82) is 0 Å². The van der Waals surface area contributed by atoms with Crippen LogP contribution < -0.4 is 11.1 Å². The summed E-state index contributed by atoms with van der Waals surface area (Å²) in [5.41, 5.74) is 8.02. The van der Waals surface area contributed by atoms with Gasteiger partial charge in [-0.2, -0.15) is 0 Å². The molecule has 2 atom stereocenters. The third-order valence-corrected chi connectivity index (χ3v) is 4.21. The van der Waals surface area contributed by atoms with E-state index in [1.165, 1.54) is 11.3 Å². The van der Waals surface area contributed by atoms with Gasteiger partial charge in [-0.1, -0.05) is 11.6 Å². The molecule has 0 aliphatic heterocycles. The number of amides is 1. The first-order valence-electron chi connectivity index (χ1n) is 5.82. The van der Waals surface area contributed by atoms with E-state index in [-0.39, 0.29) is 23.7 Å². The average molecular weight is 268 g/mol. The van der Waals surface area contributed by atoms with Crippen molar-refractivity contribution >= 4 is 23.1 Å². The number of aryl methyl sites for hydroxylation is 1. The molecule has 1 heterocycles. The summed E-state index contributed by atoms with van der Waals surface area (Å²) in [4.78, 5) is 16.7. The van der Waals surface area contributed by atoms with E-state index in [9.17, 15) is 4.79 Å². The Labute approximate surface area is 109 Å². The standard InChI is InChI=1S/C11H16N4O2S/c1-6-9(18-5-13-6)11(16)14-8-4-2-3-7(8)10(12)15-17/h5,7-8,17H,2-4H2,1H3,(H2,12,15)(H,14,16). The second-order valence-electron chi connectivity index (χ2n) is 4.41. The van der Waals surface area contributed by atoms with Crippen molar-refractivity contribution in [2.45, 2.75) is 32.2 Å². The number of nitrogens with zero attached hydrogens (tertiary/aromatic N) is 2. The lowest BCUT2D eigenvalue weighted by Crippen LogP contribution is -2.42. The molecule has 98 valence electrons. The highest BCUT2D eigenvalue weighted by Gasteiger charge is 2.32. The first-order chi connectivity index (χ1) is 8.63. The Morgan fingerprint density at radius 3 is 3.06 bits per heavy atom. The number of hydrogen-bond acceptors (Lipinski definition) is 5. The Kier molecular flexibility index (Phi) is 3.81. The smallest absolute Gasteiger partial charge is 0.263 e. The normalized spacial score (nSPS) is 24.2. The minimum atomic E-state index is -0.127. The van der Waals surface area contributed by atoms with Crippen LogP contribution in [0.2, 0.25) is 0 Å². The van der Waals surface area contributed by atoms with Crippen LogP contribution in [-0.4, -0.2) is 28.0 Å². The zero-order valence-corrected chi connectivity index (χ0v) is 10.9. The predicted octanol–water partition coefficient (Wildman–Crippen LogP) is 1.10. The number of carbonyl (C=O) groups is 1. The van der Waals surface area contributed by atoms with Crippen LogP contribution in [0.1, 0.15) is 34.6 Å². The monoisotopic (exact) mass is 268 g/mol. The van der Waals surface area contributed by atoms with Crippen molar-refractivity contribution in [3.63, 3.8) is 0 Å². The fourth-order valence-electron chi connectivity index (χ4n) is 2.31. The molecule has 18 heavy (non-hydrogen) atoms. The molecule has 1 aliphatic carbocycles. The van der Waals surface area contributed by atoms with Gasteiger partial charge in [0.2, 0.25) is 0 Å². The molecule has 1 amide bonds. The number of hydrogen-bond donors (Lipinski definition) is 3. The Balaban J connectivity index is 2.05. The summed E-state index contributed by atoms with van der Waals surface area (Å²) < 4.78 is 0. The SMILES string of the molecule is Cc1ncsc1C(=O)NC1CCCC1C(N)=NO. The number of nitrogens with one attached hydrogen (secondary N) is 1. The molecule has 7 heteroatoms. The number of carbonyl (C=O) groups excluding carboxylic acids is 1. The number of rotatable bonds is 3. The first-order valence-corrected chi connectivity index (χ1v) is 6.69. The van der Waals surface area contributed by atoms with Crippen molar-refractivity contribution in [2.75, 3.05) is 0 Å². The molecule has 1 saturated carbocycles. The van der Waals surface area contributed by atoms with Crippen LogP contribution in [-0.2, 0) is 0 Å². The molecule has 1 aromatic rings. The largest absolute Gasteiger partial charge is 0.409 e. The predicted molar refractivity (Wildman–Crippen MR) is 68.9 cm³/mol. The van der Waals surface area contributed by atoms with E-state index >= 15 is 0 Å². The number of nitrogens with two attached hydrogens (primary N) is 1. The van der Waals surface area contributed by atoms with Crippen molar-refractivity contribution in [3.8, 4) is 0 Å². The minimum Gasteiger partial charge on any atom is -0.409 e. The topological polar surface area (TPSA) is 101 Å². The number of thiazole rings is 1.